The highest BCUT2D eigenvalue weighted by atomic mass is 79.9. The summed E-state index contributed by atoms with van der Waals surface area (Å²) in [4.78, 5) is 12.7. The van der Waals surface area contributed by atoms with Gasteiger partial charge in [0.1, 0.15) is 5.75 Å². The van der Waals surface area contributed by atoms with E-state index < -0.39 is 17.6 Å². The molecule has 1 N–H and O–H groups in total. The lowest BCUT2D eigenvalue weighted by atomic mass is 10.2. The first-order valence-electron chi connectivity index (χ1n) is 10.5. The summed E-state index contributed by atoms with van der Waals surface area (Å²) in [6.45, 7) is 4.29. The minimum Gasteiger partial charge on any atom is -0.471 e. The molecule has 2 aromatic carbocycles. The predicted molar refractivity (Wildman–Crippen MR) is 127 cm³/mol. The molecule has 0 fully saturated rings. The maximum absolute atomic E-state index is 12.8. The molecular formula is C24H21BrF3N5O2. The van der Waals surface area contributed by atoms with Gasteiger partial charge in [-0.05, 0) is 71.7 Å². The second-order valence-electron chi connectivity index (χ2n) is 7.84. The number of ether oxygens (including phenoxy) is 1. The number of aryl methyl sites for hydroxylation is 1. The molecule has 0 saturated heterocycles. The van der Waals surface area contributed by atoms with Gasteiger partial charge in [-0.1, -0.05) is 18.2 Å². The highest BCUT2D eigenvalue weighted by Gasteiger charge is 2.30. The first-order chi connectivity index (χ1) is 16.6. The first-order valence-corrected chi connectivity index (χ1v) is 11.3. The third-order valence-corrected chi connectivity index (χ3v) is 6.36. The van der Waals surface area contributed by atoms with Crippen LogP contribution in [0.1, 0.15) is 33.0 Å². The van der Waals surface area contributed by atoms with E-state index in [0.29, 0.717) is 12.2 Å². The van der Waals surface area contributed by atoms with Gasteiger partial charge in [-0.25, -0.2) is 4.68 Å². The number of hydrogen-bond acceptors (Lipinski definition) is 4. The summed E-state index contributed by atoms with van der Waals surface area (Å²) < 4.78 is 48.1. The number of rotatable bonds is 7. The van der Waals surface area contributed by atoms with Gasteiger partial charge in [0.15, 0.2) is 12.4 Å². The Labute approximate surface area is 207 Å². The van der Waals surface area contributed by atoms with Crippen LogP contribution in [0.15, 0.2) is 65.3 Å². The molecular weight excluding hydrogens is 527 g/mol. The Morgan fingerprint density at radius 3 is 2.57 bits per heavy atom. The van der Waals surface area contributed by atoms with Gasteiger partial charge in [-0.3, -0.25) is 9.48 Å². The second-order valence-corrected chi connectivity index (χ2v) is 8.63. The third-order valence-electron chi connectivity index (χ3n) is 5.21. The van der Waals surface area contributed by atoms with Gasteiger partial charge in [-0.2, -0.15) is 23.4 Å². The van der Waals surface area contributed by atoms with Crippen LogP contribution in [0.25, 0.3) is 0 Å². The molecule has 2 heterocycles. The average Bonchev–Trinajstić information content (AvgIpc) is 3.39. The van der Waals surface area contributed by atoms with Crippen molar-refractivity contribution in [2.24, 2.45) is 0 Å². The van der Waals surface area contributed by atoms with E-state index in [1.54, 1.807) is 6.07 Å². The van der Waals surface area contributed by atoms with Gasteiger partial charge in [0.05, 0.1) is 28.0 Å². The molecule has 1 amide bonds. The van der Waals surface area contributed by atoms with E-state index in [9.17, 15) is 18.0 Å². The lowest BCUT2D eigenvalue weighted by Gasteiger charge is -2.10. The van der Waals surface area contributed by atoms with Crippen LogP contribution in [-0.2, 0) is 19.5 Å². The number of nitrogens with zero attached hydrogens (tertiary/aromatic N) is 4. The largest absolute Gasteiger partial charge is 0.471 e. The van der Waals surface area contributed by atoms with Crippen molar-refractivity contribution in [3.63, 3.8) is 0 Å². The second kappa shape index (κ2) is 9.95. The zero-order valence-electron chi connectivity index (χ0n) is 18.8. The van der Waals surface area contributed by atoms with Crippen LogP contribution in [-0.4, -0.2) is 25.5 Å². The van der Waals surface area contributed by atoms with Crippen LogP contribution in [0.4, 0.5) is 18.9 Å². The zero-order chi connectivity index (χ0) is 25.2. The summed E-state index contributed by atoms with van der Waals surface area (Å²) in [6, 6.07) is 13.5. The van der Waals surface area contributed by atoms with Gasteiger partial charge < -0.3 is 10.1 Å². The maximum Gasteiger partial charge on any atom is 0.416 e. The molecule has 182 valence electrons. The number of carbonyl (C=O) groups is 1. The van der Waals surface area contributed by atoms with E-state index in [4.69, 9.17) is 4.74 Å². The van der Waals surface area contributed by atoms with E-state index in [2.05, 4.69) is 31.4 Å². The number of alkyl halides is 3. The van der Waals surface area contributed by atoms with E-state index in [1.807, 2.05) is 36.7 Å². The quantitative estimate of drug-likeness (QED) is 0.316. The highest BCUT2D eigenvalue weighted by Crippen LogP contribution is 2.31. The molecule has 0 aliphatic rings. The van der Waals surface area contributed by atoms with Crippen molar-refractivity contribution in [1.29, 1.82) is 0 Å². The molecule has 0 atom stereocenters. The van der Waals surface area contributed by atoms with Crippen LogP contribution in [0, 0.1) is 13.8 Å². The van der Waals surface area contributed by atoms with Crippen LogP contribution >= 0.6 is 15.9 Å². The zero-order valence-corrected chi connectivity index (χ0v) is 20.4. The number of carbonyl (C=O) groups excluding carboxylic acids is 1. The first kappa shape index (κ1) is 24.5. The van der Waals surface area contributed by atoms with Crippen molar-refractivity contribution < 1.29 is 22.7 Å². The number of halogens is 4. The minimum atomic E-state index is -4.46. The molecule has 0 bridgehead atoms. The predicted octanol–water partition coefficient (Wildman–Crippen LogP) is 5.81. The van der Waals surface area contributed by atoms with Crippen molar-refractivity contribution >= 4 is 27.5 Å². The van der Waals surface area contributed by atoms with E-state index in [0.717, 1.165) is 33.6 Å². The lowest BCUT2D eigenvalue weighted by Crippen LogP contribution is -2.14. The Kier molecular flexibility index (Phi) is 6.97. The fourth-order valence-electron chi connectivity index (χ4n) is 3.40. The summed E-state index contributed by atoms with van der Waals surface area (Å²) in [5.41, 5.74) is 2.81. The monoisotopic (exact) mass is 547 g/mol. The number of hydrogen-bond donors (Lipinski definition) is 1. The Bertz CT molecular complexity index is 1360. The van der Waals surface area contributed by atoms with Crippen LogP contribution in [0.3, 0.4) is 0 Å². The number of amides is 1. The number of nitrogens with one attached hydrogen (secondary N) is 1. The molecule has 0 aliphatic heterocycles. The van der Waals surface area contributed by atoms with Crippen molar-refractivity contribution in [1.82, 2.24) is 19.6 Å². The average molecular weight is 548 g/mol. The molecule has 4 aromatic rings. The molecule has 0 radical (unpaired) electrons. The summed E-state index contributed by atoms with van der Waals surface area (Å²) in [5.74, 6) is -0.374. The van der Waals surface area contributed by atoms with Crippen molar-refractivity contribution in [2.75, 3.05) is 5.32 Å². The SMILES string of the molecule is Cc1nn(Cc2cccc(NC(=O)c3ccn(COc4cccc(C(F)(F)F)c4)n3)c2)c(C)c1Br. The minimum absolute atomic E-state index is 0.0489. The third kappa shape index (κ3) is 5.91. The summed E-state index contributed by atoms with van der Waals surface area (Å²) in [5, 5.41) is 11.5. The Hall–Kier alpha value is -3.60. The molecule has 7 nitrogen and oxygen atoms in total. The number of aromatic nitrogens is 4. The van der Waals surface area contributed by atoms with Crippen molar-refractivity contribution in [3.05, 3.63) is 93.5 Å². The number of anilines is 1. The van der Waals surface area contributed by atoms with Gasteiger partial charge in [-0.15, -0.1) is 0 Å². The van der Waals surface area contributed by atoms with Crippen LogP contribution < -0.4 is 10.1 Å². The summed E-state index contributed by atoms with van der Waals surface area (Å²) in [7, 11) is 0. The Morgan fingerprint density at radius 1 is 1.09 bits per heavy atom. The van der Waals surface area contributed by atoms with E-state index in [-0.39, 0.29) is 18.2 Å². The van der Waals surface area contributed by atoms with Gasteiger partial charge >= 0.3 is 6.18 Å². The Morgan fingerprint density at radius 2 is 1.86 bits per heavy atom. The molecule has 4 rings (SSSR count). The van der Waals surface area contributed by atoms with E-state index >= 15 is 0 Å². The molecule has 0 spiro atoms. The highest BCUT2D eigenvalue weighted by molar-refractivity contribution is 9.10. The van der Waals surface area contributed by atoms with Gasteiger partial charge in [0, 0.05) is 11.9 Å². The van der Waals surface area contributed by atoms with Crippen molar-refractivity contribution in [2.45, 2.75) is 33.3 Å². The molecule has 2 aromatic heterocycles. The van der Waals surface area contributed by atoms with Crippen LogP contribution in [0.2, 0.25) is 0 Å². The van der Waals surface area contributed by atoms with Gasteiger partial charge in [0.2, 0.25) is 0 Å². The lowest BCUT2D eigenvalue weighted by molar-refractivity contribution is -0.137. The van der Waals surface area contributed by atoms with E-state index in [1.165, 1.54) is 29.1 Å². The van der Waals surface area contributed by atoms with Crippen LogP contribution in [0.5, 0.6) is 5.75 Å². The van der Waals surface area contributed by atoms with Crippen molar-refractivity contribution in [3.8, 4) is 5.75 Å². The molecule has 0 aliphatic carbocycles. The summed E-state index contributed by atoms with van der Waals surface area (Å²) in [6.07, 6.45) is -2.94. The molecule has 11 heteroatoms. The fourth-order valence-corrected chi connectivity index (χ4v) is 3.69. The normalized spacial score (nSPS) is 11.5. The Balaban J connectivity index is 1.38. The molecule has 35 heavy (non-hydrogen) atoms. The smallest absolute Gasteiger partial charge is 0.416 e. The van der Waals surface area contributed by atoms with Gasteiger partial charge in [0.25, 0.3) is 5.91 Å². The number of benzene rings is 2. The standard InChI is InChI=1S/C24H21BrF3N5O2/c1-15-22(25)16(2)33(30-15)13-17-5-3-7-19(11-17)29-23(34)21-9-10-32(31-21)14-35-20-8-4-6-18(12-20)24(26,27)28/h3-12H,13-14H2,1-2H3,(H,29,34). The molecule has 0 saturated carbocycles. The molecule has 0 unspecified atom stereocenters. The maximum atomic E-state index is 12.8. The summed E-state index contributed by atoms with van der Waals surface area (Å²) >= 11 is 3.52. The fraction of sp³-hybridized carbons (Fsp3) is 0.208. The topological polar surface area (TPSA) is 74.0 Å².